The normalized spacial score (nSPS) is 37.5. The summed E-state index contributed by atoms with van der Waals surface area (Å²) >= 11 is 1.59. The van der Waals surface area contributed by atoms with E-state index in [0.29, 0.717) is 35.6 Å². The summed E-state index contributed by atoms with van der Waals surface area (Å²) in [5.41, 5.74) is -0.618. The van der Waals surface area contributed by atoms with E-state index in [1.54, 1.807) is 11.3 Å². The lowest BCUT2D eigenvalue weighted by Gasteiger charge is -2.51. The monoisotopic (exact) mass is 387 g/mol. The maximum atomic E-state index is 13.7. The molecule has 3 aliphatic heterocycles. The summed E-state index contributed by atoms with van der Waals surface area (Å²) in [6, 6.07) is 4.61. The third-order valence-corrected chi connectivity index (χ3v) is 7.67. The van der Waals surface area contributed by atoms with E-state index in [9.17, 15) is 4.79 Å². The molecule has 1 aromatic heterocycles. The van der Waals surface area contributed by atoms with Gasteiger partial charge < -0.3 is 5.32 Å². The van der Waals surface area contributed by atoms with E-state index in [0.717, 1.165) is 18.0 Å². The van der Waals surface area contributed by atoms with E-state index < -0.39 is 5.54 Å². The van der Waals surface area contributed by atoms with Crippen molar-refractivity contribution in [3.63, 3.8) is 0 Å². The smallest absolute Gasteiger partial charge is 0.254 e. The molecule has 4 aliphatic rings. The van der Waals surface area contributed by atoms with Gasteiger partial charge in [-0.05, 0) is 60.9 Å². The van der Waals surface area contributed by atoms with Gasteiger partial charge in [0.2, 0.25) is 0 Å². The second-order valence-electron chi connectivity index (χ2n) is 9.61. The molecule has 1 aromatic rings. The van der Waals surface area contributed by atoms with Crippen molar-refractivity contribution in [3.05, 3.63) is 17.5 Å². The average molecular weight is 388 g/mol. The molecule has 1 saturated carbocycles. The van der Waals surface area contributed by atoms with Crippen LogP contribution in [0.15, 0.2) is 22.5 Å². The van der Waals surface area contributed by atoms with Crippen LogP contribution < -0.4 is 5.32 Å². The van der Waals surface area contributed by atoms with Gasteiger partial charge in [0.15, 0.2) is 5.54 Å². The molecule has 6 atom stereocenters. The lowest BCUT2D eigenvalue weighted by molar-refractivity contribution is -0.126. The number of anilines is 1. The van der Waals surface area contributed by atoms with E-state index in [2.05, 4.69) is 51.0 Å². The predicted octanol–water partition coefficient (Wildman–Crippen LogP) is 4.54. The topological polar surface area (TPSA) is 44.7 Å². The molecular formula is C22H33N3OS. The highest BCUT2D eigenvalue weighted by atomic mass is 32.1. The molecule has 6 unspecified atom stereocenters. The van der Waals surface area contributed by atoms with Crippen molar-refractivity contribution in [3.8, 4) is 0 Å². The zero-order valence-electron chi connectivity index (χ0n) is 17.2. The standard InChI is InChI=1S/C22H33N3OS/c1-13(2)9-17-16-10-18-15(5)25(12-14(3)4)20(17)22(18,23-11-16)21(26)24-19-7-6-8-27-19/h6-8,11,13-18,20H,9-10,12H2,1-5H3,(H,24,26). The zero-order valence-corrected chi connectivity index (χ0v) is 18.0. The fourth-order valence-corrected chi connectivity index (χ4v) is 6.62. The Labute approximate surface area is 167 Å². The van der Waals surface area contributed by atoms with Crippen LogP contribution >= 0.6 is 11.3 Å². The first-order valence-electron chi connectivity index (χ1n) is 10.5. The van der Waals surface area contributed by atoms with Crippen LogP contribution in [0, 0.1) is 29.6 Å². The number of nitrogens with one attached hydrogen (secondary N) is 1. The van der Waals surface area contributed by atoms with Gasteiger partial charge in [0.05, 0.1) is 5.00 Å². The Bertz CT molecular complexity index is 713. The molecule has 4 bridgehead atoms. The van der Waals surface area contributed by atoms with Crippen molar-refractivity contribution < 1.29 is 4.79 Å². The van der Waals surface area contributed by atoms with Crippen molar-refractivity contribution in [2.24, 2.45) is 34.6 Å². The second kappa shape index (κ2) is 7.00. The summed E-state index contributed by atoms with van der Waals surface area (Å²) in [5.74, 6) is 2.71. The van der Waals surface area contributed by atoms with Crippen LogP contribution in [-0.2, 0) is 4.79 Å². The van der Waals surface area contributed by atoms with Crippen LogP contribution in [-0.4, -0.2) is 41.2 Å². The minimum absolute atomic E-state index is 0.112. The minimum atomic E-state index is -0.618. The zero-order chi connectivity index (χ0) is 19.3. The van der Waals surface area contributed by atoms with Gasteiger partial charge in [-0.2, -0.15) is 0 Å². The van der Waals surface area contributed by atoms with E-state index in [4.69, 9.17) is 4.99 Å². The van der Waals surface area contributed by atoms with E-state index in [1.807, 2.05) is 17.5 Å². The first-order valence-corrected chi connectivity index (χ1v) is 11.4. The van der Waals surface area contributed by atoms with E-state index in [-0.39, 0.29) is 11.9 Å². The fourth-order valence-electron chi connectivity index (χ4n) is 6.01. The average Bonchev–Trinajstić information content (AvgIpc) is 3.17. The number of rotatable bonds is 6. The van der Waals surface area contributed by atoms with Crippen LogP contribution in [0.4, 0.5) is 5.00 Å². The summed E-state index contributed by atoms with van der Waals surface area (Å²) in [7, 11) is 0. The molecule has 148 valence electrons. The Balaban J connectivity index is 1.75. The molecule has 1 N–H and O–H groups in total. The second-order valence-corrected chi connectivity index (χ2v) is 10.6. The lowest BCUT2D eigenvalue weighted by atomic mass is 9.58. The number of likely N-dealkylation sites (tertiary alicyclic amines) is 1. The molecule has 27 heavy (non-hydrogen) atoms. The van der Waals surface area contributed by atoms with Gasteiger partial charge in [-0.25, -0.2) is 0 Å². The quantitative estimate of drug-likeness (QED) is 0.779. The summed E-state index contributed by atoms with van der Waals surface area (Å²) in [5, 5.41) is 6.16. The number of carbonyl (C=O) groups excluding carboxylic acids is 1. The van der Waals surface area contributed by atoms with E-state index in [1.165, 1.54) is 6.42 Å². The summed E-state index contributed by atoms with van der Waals surface area (Å²) in [4.78, 5) is 21.3. The molecule has 5 rings (SSSR count). The van der Waals surface area contributed by atoms with Crippen LogP contribution in [0.5, 0.6) is 0 Å². The molecule has 2 fully saturated rings. The first-order chi connectivity index (χ1) is 12.8. The Kier molecular flexibility index (Phi) is 4.96. The van der Waals surface area contributed by atoms with Crippen molar-refractivity contribution in [1.82, 2.24) is 4.90 Å². The molecule has 1 aliphatic carbocycles. The Morgan fingerprint density at radius 1 is 1.37 bits per heavy atom. The van der Waals surface area contributed by atoms with Gasteiger partial charge in [-0.15, -0.1) is 11.3 Å². The Hall–Kier alpha value is -1.20. The van der Waals surface area contributed by atoms with Crippen molar-refractivity contribution in [2.75, 3.05) is 11.9 Å². The van der Waals surface area contributed by atoms with Crippen molar-refractivity contribution in [1.29, 1.82) is 0 Å². The van der Waals surface area contributed by atoms with Crippen LogP contribution in [0.25, 0.3) is 0 Å². The maximum absolute atomic E-state index is 13.7. The summed E-state index contributed by atoms with van der Waals surface area (Å²) in [6.07, 6.45) is 4.41. The number of hydrogen-bond acceptors (Lipinski definition) is 4. The molecule has 4 nitrogen and oxygen atoms in total. The highest BCUT2D eigenvalue weighted by Gasteiger charge is 2.69. The van der Waals surface area contributed by atoms with Crippen LogP contribution in [0.3, 0.4) is 0 Å². The summed E-state index contributed by atoms with van der Waals surface area (Å²) in [6.45, 7) is 12.6. The molecule has 0 radical (unpaired) electrons. The molecule has 4 heterocycles. The van der Waals surface area contributed by atoms with Crippen molar-refractivity contribution >= 4 is 28.5 Å². The number of aliphatic imine (C=N–C) groups is 1. The number of carbonyl (C=O) groups is 1. The minimum Gasteiger partial charge on any atom is -0.316 e. The molecule has 0 aromatic carbocycles. The van der Waals surface area contributed by atoms with E-state index >= 15 is 0 Å². The molecule has 1 saturated heterocycles. The molecule has 1 amide bonds. The first kappa shape index (κ1) is 19.1. The fraction of sp³-hybridized carbons (Fsp3) is 0.727. The SMILES string of the molecule is CC(C)CC1C2C=NC3(C(=O)Nc4cccs4)C(C2)C(C)N(CC(C)C)C13. The lowest BCUT2D eigenvalue weighted by Crippen LogP contribution is -2.64. The molecule has 0 spiro atoms. The van der Waals surface area contributed by atoms with Gasteiger partial charge >= 0.3 is 0 Å². The third kappa shape index (κ3) is 2.98. The highest BCUT2D eigenvalue weighted by Crippen LogP contribution is 2.58. The van der Waals surface area contributed by atoms with Gasteiger partial charge in [0.25, 0.3) is 5.91 Å². The highest BCUT2D eigenvalue weighted by molar-refractivity contribution is 7.14. The predicted molar refractivity (Wildman–Crippen MR) is 114 cm³/mol. The van der Waals surface area contributed by atoms with Gasteiger partial charge in [-0.1, -0.05) is 27.7 Å². The van der Waals surface area contributed by atoms with Gasteiger partial charge in [0.1, 0.15) is 0 Å². The number of hydrogen-bond donors (Lipinski definition) is 1. The number of thiophene rings is 1. The van der Waals surface area contributed by atoms with Crippen molar-refractivity contribution in [2.45, 2.75) is 65.1 Å². The van der Waals surface area contributed by atoms with Gasteiger partial charge in [-0.3, -0.25) is 14.7 Å². The third-order valence-electron chi connectivity index (χ3n) is 6.88. The Morgan fingerprint density at radius 2 is 2.15 bits per heavy atom. The van der Waals surface area contributed by atoms with Gasteiger partial charge in [0, 0.05) is 30.8 Å². The largest absolute Gasteiger partial charge is 0.316 e. The number of amides is 1. The van der Waals surface area contributed by atoms with Crippen LogP contribution in [0.2, 0.25) is 0 Å². The summed E-state index contributed by atoms with van der Waals surface area (Å²) < 4.78 is 0. The number of nitrogens with zero attached hydrogens (tertiary/aromatic N) is 2. The maximum Gasteiger partial charge on any atom is 0.254 e. The Morgan fingerprint density at radius 3 is 2.78 bits per heavy atom. The molecular weight excluding hydrogens is 354 g/mol. The van der Waals surface area contributed by atoms with Crippen LogP contribution in [0.1, 0.15) is 47.5 Å². The molecule has 5 heteroatoms.